The molecule has 1 N–H and O–H groups in total. The molecule has 0 aliphatic rings. The van der Waals surface area contributed by atoms with Gasteiger partial charge in [0.25, 0.3) is 5.91 Å². The summed E-state index contributed by atoms with van der Waals surface area (Å²) in [7, 11) is 1.53. The minimum atomic E-state index is -0.309. The van der Waals surface area contributed by atoms with Crippen molar-refractivity contribution >= 4 is 11.7 Å². The molecule has 1 amide bonds. The number of para-hydroxylation sites is 1. The van der Waals surface area contributed by atoms with Gasteiger partial charge < -0.3 is 14.6 Å². The number of hydrogen-bond acceptors (Lipinski definition) is 3. The van der Waals surface area contributed by atoms with Crippen molar-refractivity contribution in [1.82, 2.24) is 4.57 Å². The van der Waals surface area contributed by atoms with E-state index in [-0.39, 0.29) is 5.91 Å². The van der Waals surface area contributed by atoms with Crippen LogP contribution in [0, 0.1) is 25.2 Å². The Balaban J connectivity index is 2.02. The van der Waals surface area contributed by atoms with Crippen molar-refractivity contribution in [2.75, 3.05) is 12.4 Å². The summed E-state index contributed by atoms with van der Waals surface area (Å²) in [5.41, 5.74) is 3.81. The maximum Gasteiger partial charge on any atom is 0.260 e. The average molecular weight is 359 g/mol. The maximum atomic E-state index is 12.9. The van der Waals surface area contributed by atoms with Gasteiger partial charge in [0.1, 0.15) is 17.6 Å². The van der Waals surface area contributed by atoms with Crippen LogP contribution in [0.4, 0.5) is 5.82 Å². The highest BCUT2D eigenvalue weighted by atomic mass is 16.5. The molecular weight excluding hydrogens is 338 g/mol. The number of nitriles is 1. The Kier molecular flexibility index (Phi) is 5.28. The number of rotatable bonds is 5. The Morgan fingerprint density at radius 2 is 1.78 bits per heavy atom. The second-order valence-electron chi connectivity index (χ2n) is 6.27. The lowest BCUT2D eigenvalue weighted by molar-refractivity contribution is 0.102. The van der Waals surface area contributed by atoms with E-state index >= 15 is 0 Å². The van der Waals surface area contributed by atoms with Crippen LogP contribution >= 0.6 is 0 Å². The molecule has 0 unspecified atom stereocenters. The molecule has 2 aromatic carbocycles. The maximum absolute atomic E-state index is 12.9. The number of nitrogens with zero attached hydrogens (tertiary/aromatic N) is 2. The van der Waals surface area contributed by atoms with Gasteiger partial charge in [-0.15, -0.1) is 0 Å². The van der Waals surface area contributed by atoms with E-state index in [2.05, 4.69) is 11.4 Å². The second kappa shape index (κ2) is 7.79. The standard InChI is InChI=1S/C22H21N3O2/c1-15-16(2)25(14-17-9-5-4-6-10-17)21(19(15)13-23)24-22(26)18-11-7-8-12-20(18)27-3/h4-12H,14H2,1-3H3,(H,24,26). The predicted molar refractivity (Wildman–Crippen MR) is 105 cm³/mol. The lowest BCUT2D eigenvalue weighted by Crippen LogP contribution is -2.17. The number of benzene rings is 2. The van der Waals surface area contributed by atoms with Crippen LogP contribution in [0.15, 0.2) is 54.6 Å². The third-order valence-electron chi connectivity index (χ3n) is 4.71. The molecule has 5 nitrogen and oxygen atoms in total. The van der Waals surface area contributed by atoms with Crippen LogP contribution in [0.25, 0.3) is 0 Å². The number of carbonyl (C=O) groups is 1. The molecule has 0 radical (unpaired) electrons. The van der Waals surface area contributed by atoms with E-state index in [1.165, 1.54) is 7.11 Å². The number of carbonyl (C=O) groups excluding carboxylic acids is 1. The molecule has 0 aliphatic carbocycles. The van der Waals surface area contributed by atoms with Gasteiger partial charge in [0.15, 0.2) is 0 Å². The van der Waals surface area contributed by atoms with Crippen molar-refractivity contribution in [3.8, 4) is 11.8 Å². The summed E-state index contributed by atoms with van der Waals surface area (Å²) in [6.07, 6.45) is 0. The fourth-order valence-corrected chi connectivity index (χ4v) is 3.10. The summed E-state index contributed by atoms with van der Waals surface area (Å²) in [4.78, 5) is 12.9. The van der Waals surface area contributed by atoms with Gasteiger partial charge >= 0.3 is 0 Å². The van der Waals surface area contributed by atoms with Gasteiger partial charge in [0.2, 0.25) is 0 Å². The van der Waals surface area contributed by atoms with E-state index in [0.29, 0.717) is 29.2 Å². The van der Waals surface area contributed by atoms with Gasteiger partial charge in [-0.2, -0.15) is 5.26 Å². The minimum Gasteiger partial charge on any atom is -0.496 e. The first-order chi connectivity index (χ1) is 13.1. The zero-order valence-electron chi connectivity index (χ0n) is 15.6. The first-order valence-electron chi connectivity index (χ1n) is 8.65. The van der Waals surface area contributed by atoms with Crippen LogP contribution in [0.5, 0.6) is 5.75 Å². The number of aromatic nitrogens is 1. The second-order valence-corrected chi connectivity index (χ2v) is 6.27. The van der Waals surface area contributed by atoms with E-state index in [0.717, 1.165) is 16.8 Å². The third kappa shape index (κ3) is 3.56. The fraction of sp³-hybridized carbons (Fsp3) is 0.182. The van der Waals surface area contributed by atoms with E-state index in [4.69, 9.17) is 4.74 Å². The average Bonchev–Trinajstić information content (AvgIpc) is 2.92. The Bertz CT molecular complexity index is 1010. The largest absolute Gasteiger partial charge is 0.496 e. The molecule has 27 heavy (non-hydrogen) atoms. The van der Waals surface area contributed by atoms with Crippen molar-refractivity contribution in [3.05, 3.63) is 82.5 Å². The zero-order valence-corrected chi connectivity index (χ0v) is 15.6. The van der Waals surface area contributed by atoms with Gasteiger partial charge in [-0.05, 0) is 37.1 Å². The molecule has 3 aromatic rings. The fourth-order valence-electron chi connectivity index (χ4n) is 3.10. The van der Waals surface area contributed by atoms with Gasteiger partial charge in [0.05, 0.1) is 18.2 Å². The van der Waals surface area contributed by atoms with Crippen LogP contribution in [0.1, 0.15) is 32.7 Å². The first kappa shape index (κ1) is 18.3. The first-order valence-corrected chi connectivity index (χ1v) is 8.65. The van der Waals surface area contributed by atoms with Crippen molar-refractivity contribution in [2.24, 2.45) is 0 Å². The Morgan fingerprint density at radius 1 is 1.11 bits per heavy atom. The summed E-state index contributed by atoms with van der Waals surface area (Å²) < 4.78 is 7.25. The molecule has 0 bridgehead atoms. The van der Waals surface area contributed by atoms with Crippen LogP contribution in [-0.4, -0.2) is 17.6 Å². The number of amides is 1. The lowest BCUT2D eigenvalue weighted by atomic mass is 10.1. The number of anilines is 1. The van der Waals surface area contributed by atoms with Crippen LogP contribution in [0.3, 0.4) is 0 Å². The van der Waals surface area contributed by atoms with E-state index in [1.54, 1.807) is 18.2 Å². The van der Waals surface area contributed by atoms with Crippen LogP contribution < -0.4 is 10.1 Å². The smallest absolute Gasteiger partial charge is 0.260 e. The quantitative estimate of drug-likeness (QED) is 0.739. The van der Waals surface area contributed by atoms with Crippen LogP contribution in [-0.2, 0) is 6.54 Å². The number of hydrogen-bond donors (Lipinski definition) is 1. The normalized spacial score (nSPS) is 10.3. The summed E-state index contributed by atoms with van der Waals surface area (Å²) >= 11 is 0. The molecule has 5 heteroatoms. The molecule has 1 heterocycles. The summed E-state index contributed by atoms with van der Waals surface area (Å²) in [5, 5.41) is 12.6. The van der Waals surface area contributed by atoms with Gasteiger partial charge in [0, 0.05) is 12.2 Å². The van der Waals surface area contributed by atoms with Crippen molar-refractivity contribution in [3.63, 3.8) is 0 Å². The SMILES string of the molecule is COc1ccccc1C(=O)Nc1c(C#N)c(C)c(C)n1Cc1ccccc1. The molecule has 0 aliphatic heterocycles. The summed E-state index contributed by atoms with van der Waals surface area (Å²) in [6, 6.07) is 19.2. The van der Waals surface area contributed by atoms with Gasteiger partial charge in [-0.25, -0.2) is 0 Å². The highest BCUT2D eigenvalue weighted by molar-refractivity contribution is 6.06. The zero-order chi connectivity index (χ0) is 19.4. The minimum absolute atomic E-state index is 0.309. The Morgan fingerprint density at radius 3 is 2.44 bits per heavy atom. The van der Waals surface area contributed by atoms with Crippen molar-refractivity contribution in [2.45, 2.75) is 20.4 Å². The van der Waals surface area contributed by atoms with Crippen LogP contribution in [0.2, 0.25) is 0 Å². The van der Waals surface area contributed by atoms with Gasteiger partial charge in [-0.1, -0.05) is 42.5 Å². The molecule has 3 rings (SSSR count). The number of methoxy groups -OCH3 is 1. The third-order valence-corrected chi connectivity index (χ3v) is 4.71. The highest BCUT2D eigenvalue weighted by Gasteiger charge is 2.21. The molecule has 0 fully saturated rings. The topological polar surface area (TPSA) is 67.0 Å². The Hall–Kier alpha value is -3.52. The molecule has 0 atom stereocenters. The molecule has 136 valence electrons. The van der Waals surface area contributed by atoms with E-state index < -0.39 is 0 Å². The Labute approximate surface area is 158 Å². The molecule has 1 aromatic heterocycles. The molecular formula is C22H21N3O2. The van der Waals surface area contributed by atoms with Gasteiger partial charge in [-0.3, -0.25) is 4.79 Å². The van der Waals surface area contributed by atoms with Crippen molar-refractivity contribution in [1.29, 1.82) is 5.26 Å². The predicted octanol–water partition coefficient (Wildman–Crippen LogP) is 4.29. The lowest BCUT2D eigenvalue weighted by Gasteiger charge is -2.14. The molecule has 0 saturated carbocycles. The monoisotopic (exact) mass is 359 g/mol. The van der Waals surface area contributed by atoms with E-state index in [1.807, 2.05) is 54.8 Å². The molecule has 0 saturated heterocycles. The van der Waals surface area contributed by atoms with Crippen molar-refractivity contribution < 1.29 is 9.53 Å². The molecule has 0 spiro atoms. The van der Waals surface area contributed by atoms with E-state index in [9.17, 15) is 10.1 Å². The number of nitrogens with one attached hydrogen (secondary N) is 1. The highest BCUT2D eigenvalue weighted by Crippen LogP contribution is 2.28. The summed E-state index contributed by atoms with van der Waals surface area (Å²) in [6.45, 7) is 4.42. The summed E-state index contributed by atoms with van der Waals surface area (Å²) in [5.74, 6) is 0.686. The number of ether oxygens (including phenoxy) is 1.